The summed E-state index contributed by atoms with van der Waals surface area (Å²) in [5, 5.41) is 3.35. The van der Waals surface area contributed by atoms with E-state index in [1.54, 1.807) is 0 Å². The van der Waals surface area contributed by atoms with E-state index >= 15 is 0 Å². The van der Waals surface area contributed by atoms with Crippen LogP contribution < -0.4 is 5.32 Å². The number of rotatable bonds is 1. The number of carbonyl (C=O) groups is 1. The van der Waals surface area contributed by atoms with Gasteiger partial charge in [-0.15, -0.1) is 0 Å². The number of alkyl halides is 1. The van der Waals surface area contributed by atoms with Crippen LogP contribution in [0.2, 0.25) is 0 Å². The highest BCUT2D eigenvalue weighted by Crippen LogP contribution is 2.26. The summed E-state index contributed by atoms with van der Waals surface area (Å²) in [6, 6.07) is 8.55. The molecule has 0 bridgehead atoms. The standard InChI is InChI=1S/C9H10BrN.C5H10O2/c10-9-8-4-2-1-3-7(8)5-6-11-9;1-5(2,3)7-4-6/h1-4,9,11H,5-6H2;4H,1-3H3. The summed E-state index contributed by atoms with van der Waals surface area (Å²) in [7, 11) is 0. The van der Waals surface area contributed by atoms with Gasteiger partial charge < -0.3 is 10.1 Å². The van der Waals surface area contributed by atoms with Crippen LogP contribution in [-0.4, -0.2) is 18.6 Å². The number of ether oxygens (including phenoxy) is 1. The van der Waals surface area contributed by atoms with Crippen LogP contribution in [0.4, 0.5) is 0 Å². The van der Waals surface area contributed by atoms with Gasteiger partial charge in [0.05, 0.1) is 4.95 Å². The molecule has 1 heterocycles. The summed E-state index contributed by atoms with van der Waals surface area (Å²) in [5.41, 5.74) is 2.54. The minimum absolute atomic E-state index is 0.318. The summed E-state index contributed by atoms with van der Waals surface area (Å²) in [5.74, 6) is 0. The number of halogens is 1. The van der Waals surface area contributed by atoms with Gasteiger partial charge in [-0.3, -0.25) is 4.79 Å². The van der Waals surface area contributed by atoms with Crippen molar-refractivity contribution >= 4 is 22.4 Å². The van der Waals surface area contributed by atoms with E-state index in [-0.39, 0.29) is 5.60 Å². The van der Waals surface area contributed by atoms with Crippen molar-refractivity contribution in [1.29, 1.82) is 0 Å². The lowest BCUT2D eigenvalue weighted by atomic mass is 10.0. The first-order chi connectivity index (χ1) is 8.44. The molecule has 0 fully saturated rings. The molecule has 0 spiro atoms. The van der Waals surface area contributed by atoms with Gasteiger partial charge in [-0.1, -0.05) is 40.2 Å². The number of carbonyl (C=O) groups excluding carboxylic acids is 1. The van der Waals surface area contributed by atoms with Crippen molar-refractivity contribution < 1.29 is 9.53 Å². The van der Waals surface area contributed by atoms with E-state index in [0.717, 1.165) is 13.0 Å². The minimum atomic E-state index is -0.318. The van der Waals surface area contributed by atoms with Gasteiger partial charge in [0.2, 0.25) is 0 Å². The largest absolute Gasteiger partial charge is 0.462 e. The Morgan fingerprint density at radius 3 is 2.56 bits per heavy atom. The summed E-state index contributed by atoms with van der Waals surface area (Å²) in [4.78, 5) is 9.95. The minimum Gasteiger partial charge on any atom is -0.462 e. The van der Waals surface area contributed by atoms with Gasteiger partial charge in [0.25, 0.3) is 6.47 Å². The van der Waals surface area contributed by atoms with E-state index in [9.17, 15) is 4.79 Å². The molecule has 1 aliphatic heterocycles. The van der Waals surface area contributed by atoms with Crippen molar-refractivity contribution in [3.05, 3.63) is 35.4 Å². The second-order valence-corrected chi connectivity index (χ2v) is 6.01. The average Bonchev–Trinajstić information content (AvgIpc) is 2.29. The fourth-order valence-electron chi connectivity index (χ4n) is 1.60. The molecule has 0 amide bonds. The molecule has 0 radical (unpaired) electrons. The topological polar surface area (TPSA) is 38.3 Å². The first kappa shape index (κ1) is 15.2. The highest BCUT2D eigenvalue weighted by atomic mass is 79.9. The molecule has 1 aromatic carbocycles. The molecule has 1 aliphatic rings. The molecule has 3 nitrogen and oxygen atoms in total. The van der Waals surface area contributed by atoms with Crippen LogP contribution in [0.15, 0.2) is 24.3 Å². The molecule has 2 rings (SSSR count). The SMILES string of the molecule is BrC1NCCc2ccccc21.CC(C)(C)OC=O. The molecule has 4 heteroatoms. The molecular formula is C14H20BrNO2. The Morgan fingerprint density at radius 2 is 2.06 bits per heavy atom. The first-order valence-corrected chi connectivity index (χ1v) is 6.92. The van der Waals surface area contributed by atoms with Crippen molar-refractivity contribution in [3.8, 4) is 0 Å². The molecule has 0 aliphatic carbocycles. The maximum absolute atomic E-state index is 9.60. The van der Waals surface area contributed by atoms with Crippen molar-refractivity contribution in [2.24, 2.45) is 0 Å². The van der Waals surface area contributed by atoms with E-state index in [1.807, 2.05) is 20.8 Å². The normalized spacial score (nSPS) is 18.1. The second-order valence-electron chi connectivity index (χ2n) is 5.09. The first-order valence-electron chi connectivity index (χ1n) is 6.01. The van der Waals surface area contributed by atoms with Gasteiger partial charge in [-0.05, 0) is 38.3 Å². The third kappa shape index (κ3) is 5.19. The lowest BCUT2D eigenvalue weighted by Gasteiger charge is -2.21. The van der Waals surface area contributed by atoms with E-state index in [1.165, 1.54) is 11.1 Å². The molecule has 100 valence electrons. The molecule has 0 saturated carbocycles. The molecule has 0 saturated heterocycles. The number of hydrogen-bond acceptors (Lipinski definition) is 3. The molecule has 1 aromatic rings. The third-order valence-electron chi connectivity index (χ3n) is 2.45. The van der Waals surface area contributed by atoms with Crippen LogP contribution in [0, 0.1) is 0 Å². The van der Waals surface area contributed by atoms with Crippen LogP contribution in [0.5, 0.6) is 0 Å². The Morgan fingerprint density at radius 1 is 1.39 bits per heavy atom. The van der Waals surface area contributed by atoms with Gasteiger partial charge in [0.1, 0.15) is 5.60 Å². The predicted molar refractivity (Wildman–Crippen MR) is 76.7 cm³/mol. The lowest BCUT2D eigenvalue weighted by molar-refractivity contribution is -0.138. The smallest absolute Gasteiger partial charge is 0.293 e. The number of nitrogens with one attached hydrogen (secondary N) is 1. The van der Waals surface area contributed by atoms with E-state index < -0.39 is 0 Å². The Kier molecular flexibility index (Phi) is 5.82. The summed E-state index contributed by atoms with van der Waals surface area (Å²) < 4.78 is 4.55. The molecular weight excluding hydrogens is 294 g/mol. The van der Waals surface area contributed by atoms with Crippen molar-refractivity contribution in [2.45, 2.75) is 37.7 Å². The van der Waals surface area contributed by atoms with Crippen molar-refractivity contribution in [3.63, 3.8) is 0 Å². The van der Waals surface area contributed by atoms with Crippen LogP contribution in [-0.2, 0) is 16.0 Å². The molecule has 18 heavy (non-hydrogen) atoms. The van der Waals surface area contributed by atoms with Crippen LogP contribution in [0.25, 0.3) is 0 Å². The maximum atomic E-state index is 9.60. The average molecular weight is 314 g/mol. The highest BCUT2D eigenvalue weighted by molar-refractivity contribution is 9.09. The summed E-state index contributed by atoms with van der Waals surface area (Å²) in [6.07, 6.45) is 1.15. The fourth-order valence-corrected chi connectivity index (χ4v) is 2.27. The summed E-state index contributed by atoms with van der Waals surface area (Å²) >= 11 is 3.58. The van der Waals surface area contributed by atoms with E-state index in [2.05, 4.69) is 50.2 Å². The quantitative estimate of drug-likeness (QED) is 0.491. The zero-order valence-electron chi connectivity index (χ0n) is 11.1. The Bertz CT molecular complexity index is 388. The monoisotopic (exact) mass is 313 g/mol. The molecule has 1 atom stereocenters. The Hall–Kier alpha value is -0.870. The van der Waals surface area contributed by atoms with Gasteiger partial charge >= 0.3 is 0 Å². The molecule has 1 unspecified atom stereocenters. The lowest BCUT2D eigenvalue weighted by Crippen LogP contribution is -2.25. The van der Waals surface area contributed by atoms with Crippen molar-refractivity contribution in [2.75, 3.05) is 6.54 Å². The van der Waals surface area contributed by atoms with Gasteiger partial charge in [-0.25, -0.2) is 0 Å². The molecule has 1 N–H and O–H groups in total. The van der Waals surface area contributed by atoms with Gasteiger partial charge in [0, 0.05) is 6.54 Å². The third-order valence-corrected chi connectivity index (χ3v) is 3.26. The van der Waals surface area contributed by atoms with Gasteiger partial charge in [-0.2, -0.15) is 0 Å². The van der Waals surface area contributed by atoms with Crippen LogP contribution in [0.3, 0.4) is 0 Å². The zero-order chi connectivity index (χ0) is 13.6. The van der Waals surface area contributed by atoms with Crippen LogP contribution in [0.1, 0.15) is 36.8 Å². The van der Waals surface area contributed by atoms with Crippen molar-refractivity contribution in [1.82, 2.24) is 5.32 Å². The highest BCUT2D eigenvalue weighted by Gasteiger charge is 2.14. The Balaban J connectivity index is 0.000000203. The second kappa shape index (κ2) is 6.90. The Labute approximate surface area is 117 Å². The maximum Gasteiger partial charge on any atom is 0.293 e. The van der Waals surface area contributed by atoms with E-state index in [0.29, 0.717) is 11.4 Å². The number of fused-ring (bicyclic) bond motifs is 1. The fraction of sp³-hybridized carbons (Fsp3) is 0.500. The molecule has 0 aromatic heterocycles. The predicted octanol–water partition coefficient (Wildman–Crippen LogP) is 3.18. The van der Waals surface area contributed by atoms with E-state index in [4.69, 9.17) is 0 Å². The summed E-state index contributed by atoms with van der Waals surface area (Å²) in [6.45, 7) is 7.00. The van der Waals surface area contributed by atoms with Gasteiger partial charge in [0.15, 0.2) is 0 Å². The zero-order valence-corrected chi connectivity index (χ0v) is 12.7. The number of benzene rings is 1. The number of hydrogen-bond donors (Lipinski definition) is 1. The van der Waals surface area contributed by atoms with Crippen LogP contribution >= 0.6 is 15.9 Å².